The number of fused-ring (bicyclic) bond motifs is 1. The van der Waals surface area contributed by atoms with Crippen LogP contribution in [0.4, 0.5) is 9.39 Å². The van der Waals surface area contributed by atoms with E-state index in [4.69, 9.17) is 5.73 Å². The number of thiophene rings is 1. The number of benzene rings is 1. The molecule has 0 bridgehead atoms. The highest BCUT2D eigenvalue weighted by Gasteiger charge is 2.30. The largest absolute Gasteiger partial charge is 0.365 e. The number of thioether (sulfide) groups is 1. The van der Waals surface area contributed by atoms with Crippen molar-refractivity contribution in [1.29, 1.82) is 0 Å². The van der Waals surface area contributed by atoms with Gasteiger partial charge in [0.25, 0.3) is 5.91 Å². The molecule has 0 radical (unpaired) electrons. The minimum absolute atomic E-state index is 0.149. The summed E-state index contributed by atoms with van der Waals surface area (Å²) in [6.45, 7) is 6.19. The Bertz CT molecular complexity index is 865. The van der Waals surface area contributed by atoms with Gasteiger partial charge >= 0.3 is 0 Å². The van der Waals surface area contributed by atoms with Gasteiger partial charge in [-0.25, -0.2) is 4.39 Å². The number of nitrogens with one attached hydrogen (secondary N) is 2. The number of quaternary nitrogens is 1. The van der Waals surface area contributed by atoms with Gasteiger partial charge in [-0.2, -0.15) is 0 Å². The predicted octanol–water partition coefficient (Wildman–Crippen LogP) is 2.46. The number of nitrogens with two attached hydrogens (primary N) is 1. The third kappa shape index (κ3) is 4.92. The quantitative estimate of drug-likeness (QED) is 0.600. The molecule has 3 rings (SSSR count). The average molecular weight is 423 g/mol. The van der Waals surface area contributed by atoms with Gasteiger partial charge in [0.1, 0.15) is 17.4 Å². The molecule has 2 aromatic rings. The van der Waals surface area contributed by atoms with Gasteiger partial charge in [0.2, 0.25) is 5.91 Å². The Hall–Kier alpha value is -1.90. The minimum Gasteiger partial charge on any atom is -0.365 e. The first kappa shape index (κ1) is 20.8. The molecule has 1 aromatic carbocycles. The van der Waals surface area contributed by atoms with E-state index in [2.05, 4.69) is 19.2 Å². The smallest absolute Gasteiger partial charge is 0.252 e. The van der Waals surface area contributed by atoms with Crippen LogP contribution in [0.25, 0.3) is 0 Å². The molecule has 2 amide bonds. The summed E-state index contributed by atoms with van der Waals surface area (Å²) in [7, 11) is 0. The third-order valence-corrected chi connectivity index (χ3v) is 7.06. The number of hydrogen-bond donors (Lipinski definition) is 3. The second kappa shape index (κ2) is 9.07. The number of carbonyl (C=O) groups excluding carboxylic acids is 2. The Morgan fingerprint density at radius 3 is 2.68 bits per heavy atom. The van der Waals surface area contributed by atoms with Crippen LogP contribution in [-0.4, -0.2) is 30.2 Å². The molecule has 0 saturated carbocycles. The standard InChI is InChI=1S/C20H24FN3O2S2/c1-12(2)24-9-7-15-16(11-24)28-20(18(15)19(22)26)23-17(25)8-10-27-14-5-3-13(21)4-6-14/h3-6,12H,7-11H2,1-2H3,(H2,22,26)(H,23,25)/p+1. The highest BCUT2D eigenvalue weighted by Crippen LogP contribution is 2.34. The second-order valence-corrected chi connectivity index (χ2v) is 9.44. The molecule has 1 unspecified atom stereocenters. The van der Waals surface area contributed by atoms with Crippen LogP contribution in [0.3, 0.4) is 0 Å². The maximum Gasteiger partial charge on any atom is 0.252 e. The normalized spacial score (nSPS) is 16.1. The van der Waals surface area contributed by atoms with Crippen molar-refractivity contribution in [2.24, 2.45) is 5.73 Å². The molecule has 28 heavy (non-hydrogen) atoms. The van der Waals surface area contributed by atoms with Crippen molar-refractivity contribution in [2.75, 3.05) is 17.6 Å². The first-order valence-corrected chi connectivity index (χ1v) is 11.1. The van der Waals surface area contributed by atoms with Crippen molar-refractivity contribution >= 4 is 39.9 Å². The van der Waals surface area contributed by atoms with Crippen molar-refractivity contribution in [3.63, 3.8) is 0 Å². The van der Waals surface area contributed by atoms with E-state index in [1.54, 1.807) is 12.1 Å². The van der Waals surface area contributed by atoms with Crippen molar-refractivity contribution in [3.8, 4) is 0 Å². The van der Waals surface area contributed by atoms with Crippen LogP contribution in [0, 0.1) is 5.82 Å². The molecule has 1 aliphatic heterocycles. The molecular weight excluding hydrogens is 397 g/mol. The van der Waals surface area contributed by atoms with E-state index in [0.717, 1.165) is 34.8 Å². The fraction of sp³-hybridized carbons (Fsp3) is 0.400. The summed E-state index contributed by atoms with van der Waals surface area (Å²) in [5.74, 6) is -0.342. The summed E-state index contributed by atoms with van der Waals surface area (Å²) in [6.07, 6.45) is 1.10. The molecule has 0 aliphatic carbocycles. The molecule has 5 nitrogen and oxygen atoms in total. The van der Waals surface area contributed by atoms with E-state index < -0.39 is 5.91 Å². The zero-order valence-electron chi connectivity index (χ0n) is 16.0. The second-order valence-electron chi connectivity index (χ2n) is 7.16. The topological polar surface area (TPSA) is 76.6 Å². The van der Waals surface area contributed by atoms with Gasteiger partial charge in [0.05, 0.1) is 23.0 Å². The summed E-state index contributed by atoms with van der Waals surface area (Å²) in [6, 6.07) is 6.70. The number of amides is 2. The van der Waals surface area contributed by atoms with Crippen LogP contribution in [0.15, 0.2) is 29.2 Å². The van der Waals surface area contributed by atoms with Gasteiger partial charge in [0, 0.05) is 23.5 Å². The van der Waals surface area contributed by atoms with E-state index in [0.29, 0.717) is 28.8 Å². The lowest BCUT2D eigenvalue weighted by Gasteiger charge is -2.27. The molecule has 1 aromatic heterocycles. The van der Waals surface area contributed by atoms with Crippen LogP contribution < -0.4 is 16.0 Å². The van der Waals surface area contributed by atoms with Gasteiger partial charge in [-0.05, 0) is 43.7 Å². The maximum absolute atomic E-state index is 12.9. The molecule has 1 atom stereocenters. The third-order valence-electron chi connectivity index (χ3n) is 4.90. The van der Waals surface area contributed by atoms with E-state index in [9.17, 15) is 14.0 Å². The lowest BCUT2D eigenvalue weighted by molar-refractivity contribution is -0.936. The lowest BCUT2D eigenvalue weighted by Crippen LogP contribution is -3.14. The van der Waals surface area contributed by atoms with E-state index >= 15 is 0 Å². The number of carbonyl (C=O) groups is 2. The SMILES string of the molecule is CC(C)[NH+]1CCc2c(sc(NC(=O)CCSc3ccc(F)cc3)c2C(N)=O)C1. The van der Waals surface area contributed by atoms with Gasteiger partial charge < -0.3 is 16.0 Å². The van der Waals surface area contributed by atoms with E-state index in [-0.39, 0.29) is 11.7 Å². The molecule has 8 heteroatoms. The minimum atomic E-state index is -0.485. The van der Waals surface area contributed by atoms with Crippen LogP contribution in [0.5, 0.6) is 0 Å². The Morgan fingerprint density at radius 2 is 2.04 bits per heavy atom. The molecule has 0 fully saturated rings. The molecule has 4 N–H and O–H groups in total. The molecule has 1 aliphatic rings. The number of rotatable bonds is 7. The van der Waals surface area contributed by atoms with E-state index in [1.165, 1.54) is 40.1 Å². The van der Waals surface area contributed by atoms with Crippen molar-refractivity contribution < 1.29 is 18.9 Å². The van der Waals surface area contributed by atoms with Crippen LogP contribution in [0.2, 0.25) is 0 Å². The Morgan fingerprint density at radius 1 is 1.32 bits per heavy atom. The number of anilines is 1. The van der Waals surface area contributed by atoms with Crippen molar-refractivity contribution in [3.05, 3.63) is 46.1 Å². The maximum atomic E-state index is 12.9. The lowest BCUT2D eigenvalue weighted by atomic mass is 10.0. The number of primary amides is 1. The summed E-state index contributed by atoms with van der Waals surface area (Å²) < 4.78 is 12.9. The van der Waals surface area contributed by atoms with Crippen molar-refractivity contribution in [2.45, 2.75) is 44.2 Å². The van der Waals surface area contributed by atoms with Gasteiger partial charge in [-0.15, -0.1) is 23.1 Å². The molecule has 150 valence electrons. The monoisotopic (exact) mass is 422 g/mol. The average Bonchev–Trinajstić information content (AvgIpc) is 3.00. The van der Waals surface area contributed by atoms with Gasteiger partial charge in [0.15, 0.2) is 0 Å². The Labute approximate surface area is 172 Å². The first-order valence-electron chi connectivity index (χ1n) is 9.32. The zero-order valence-corrected chi connectivity index (χ0v) is 17.6. The van der Waals surface area contributed by atoms with Gasteiger partial charge in [-0.1, -0.05) is 0 Å². The fourth-order valence-corrected chi connectivity index (χ4v) is 5.50. The Balaban J connectivity index is 1.63. The first-order chi connectivity index (χ1) is 13.3. The van der Waals surface area contributed by atoms with Crippen LogP contribution >= 0.6 is 23.1 Å². The molecule has 0 saturated heterocycles. The highest BCUT2D eigenvalue weighted by atomic mass is 32.2. The highest BCUT2D eigenvalue weighted by molar-refractivity contribution is 7.99. The van der Waals surface area contributed by atoms with Crippen LogP contribution in [-0.2, 0) is 17.8 Å². The van der Waals surface area contributed by atoms with E-state index in [1.807, 2.05) is 0 Å². The fourth-order valence-electron chi connectivity index (χ4n) is 3.32. The predicted molar refractivity (Wildman–Crippen MR) is 112 cm³/mol. The zero-order chi connectivity index (χ0) is 20.3. The molecular formula is C20H25FN3O2S2+. The summed E-state index contributed by atoms with van der Waals surface area (Å²) >= 11 is 2.96. The molecule has 2 heterocycles. The Kier molecular flexibility index (Phi) is 6.74. The number of hydrogen-bond acceptors (Lipinski definition) is 4. The summed E-state index contributed by atoms with van der Waals surface area (Å²) in [5, 5.41) is 3.45. The van der Waals surface area contributed by atoms with Crippen molar-refractivity contribution in [1.82, 2.24) is 0 Å². The summed E-state index contributed by atoms with van der Waals surface area (Å²) in [5.41, 5.74) is 7.09. The van der Waals surface area contributed by atoms with Crippen LogP contribution in [0.1, 0.15) is 41.1 Å². The summed E-state index contributed by atoms with van der Waals surface area (Å²) in [4.78, 5) is 27.9. The number of halogens is 1. The molecule has 0 spiro atoms. The van der Waals surface area contributed by atoms with Gasteiger partial charge in [-0.3, -0.25) is 9.59 Å².